The summed E-state index contributed by atoms with van der Waals surface area (Å²) >= 11 is -3.01. The van der Waals surface area contributed by atoms with E-state index in [2.05, 4.69) is 44.1 Å². The third-order valence-electron chi connectivity index (χ3n) is 3.02. The second kappa shape index (κ2) is 4.98. The zero-order valence-electron chi connectivity index (χ0n) is 9.64. The van der Waals surface area contributed by atoms with Gasteiger partial charge in [-0.1, -0.05) is 0 Å². The first-order chi connectivity index (χ1) is 7.48. The molecule has 0 amide bonds. The molecule has 2 aliphatic carbocycles. The van der Waals surface area contributed by atoms with Gasteiger partial charge in [0.2, 0.25) is 0 Å². The molecule has 2 rings (SSSR count). The number of fused-ring (bicyclic) bond motifs is 1. The summed E-state index contributed by atoms with van der Waals surface area (Å²) in [5.41, 5.74) is 2.67. The van der Waals surface area contributed by atoms with Gasteiger partial charge in [0.1, 0.15) is 0 Å². The molecule has 1 atom stereocenters. The van der Waals surface area contributed by atoms with Crippen LogP contribution in [0.4, 0.5) is 0 Å². The summed E-state index contributed by atoms with van der Waals surface area (Å²) in [6.45, 7) is 6.80. The molecule has 0 spiro atoms. The molecule has 86 valence electrons. The average Bonchev–Trinajstić information content (AvgIpc) is 2.74. The van der Waals surface area contributed by atoms with E-state index in [-0.39, 0.29) is 0 Å². The summed E-state index contributed by atoms with van der Waals surface area (Å²) in [5, 5.41) is 1.42. The molecule has 0 radical (unpaired) electrons. The summed E-state index contributed by atoms with van der Waals surface area (Å²) in [5.74, 6) is -0.952. The van der Waals surface area contributed by atoms with Crippen molar-refractivity contribution in [1.29, 1.82) is 0 Å². The van der Waals surface area contributed by atoms with Crippen molar-refractivity contribution in [3.63, 3.8) is 0 Å². The van der Waals surface area contributed by atoms with E-state index in [1.54, 1.807) is 0 Å². The van der Waals surface area contributed by atoms with Gasteiger partial charge in [-0.05, 0) is 0 Å². The van der Waals surface area contributed by atoms with Gasteiger partial charge in [-0.3, -0.25) is 0 Å². The minimum absolute atomic E-state index is 0.801. The average molecular weight is 368 g/mol. The van der Waals surface area contributed by atoms with Gasteiger partial charge in [-0.15, -0.1) is 0 Å². The Kier molecular flexibility index (Phi) is 4.20. The molecule has 0 heterocycles. The Morgan fingerprint density at radius 2 is 2.00 bits per heavy atom. The summed E-state index contributed by atoms with van der Waals surface area (Å²) in [4.78, 5) is 0. The van der Waals surface area contributed by atoms with Gasteiger partial charge in [0.15, 0.2) is 0 Å². The maximum absolute atomic E-state index is 6.80. The number of hydrogen-bond donors (Lipinski definition) is 0. The molecule has 0 bridgehead atoms. The van der Waals surface area contributed by atoms with Crippen LogP contribution in [-0.4, -0.2) is 12.6 Å². The van der Waals surface area contributed by atoms with E-state index >= 15 is 0 Å². The Bertz CT molecular complexity index is 447. The molecule has 5 heteroatoms. The Hall–Kier alpha value is 1.07. The fourth-order valence-electron chi connectivity index (χ4n) is 2.01. The SMILES string of the molecule is CPC1=[C]([Zr]([Cl])([Cl])[SiH](C)C)C2=CC=CC2=C1. The predicted molar refractivity (Wildman–Crippen MR) is 77.2 cm³/mol. The molecule has 2 aliphatic rings. The molecule has 16 heavy (non-hydrogen) atoms. The van der Waals surface area contributed by atoms with Crippen LogP contribution < -0.4 is 0 Å². The zero-order valence-corrected chi connectivity index (χ0v) is 15.8. The third-order valence-corrected chi connectivity index (χ3v) is 39.1. The van der Waals surface area contributed by atoms with E-state index in [9.17, 15) is 0 Å². The van der Waals surface area contributed by atoms with E-state index in [1.165, 1.54) is 19.7 Å². The number of halogens is 2. The second-order valence-corrected chi connectivity index (χ2v) is 38.2. The van der Waals surface area contributed by atoms with Crippen LogP contribution in [0.5, 0.6) is 0 Å². The first-order valence-corrected chi connectivity index (χ1v) is 21.6. The van der Waals surface area contributed by atoms with Gasteiger partial charge in [-0.2, -0.15) is 0 Å². The molecule has 0 N–H and O–H groups in total. The molecule has 0 aromatic rings. The topological polar surface area (TPSA) is 0 Å². The molecule has 1 unspecified atom stereocenters. The first kappa shape index (κ1) is 13.5. The molecule has 0 nitrogen and oxygen atoms in total. The van der Waals surface area contributed by atoms with Crippen LogP contribution in [0, 0.1) is 0 Å². The Balaban J connectivity index is 2.48. The van der Waals surface area contributed by atoms with Crippen LogP contribution in [0.25, 0.3) is 0 Å². The standard InChI is InChI=1S/C9H8P.C2H7Si.2ClH.Zr/c1-10-9-5-7-3-2-4-8(7)6-9;1-3-2;;;/h2-5,10H,1H3;3H,1-2H3;2*1H;/q;;;;+2/p-2. The number of hydrogen-bond acceptors (Lipinski definition) is 0. The van der Waals surface area contributed by atoms with Crippen LogP contribution in [0.3, 0.4) is 0 Å². The van der Waals surface area contributed by atoms with Crippen molar-refractivity contribution in [3.05, 3.63) is 44.0 Å². The van der Waals surface area contributed by atoms with Crippen LogP contribution in [-0.2, 0) is 17.0 Å². The zero-order chi connectivity index (χ0) is 11.9. The Morgan fingerprint density at radius 1 is 1.31 bits per heavy atom. The fourth-order valence-corrected chi connectivity index (χ4v) is 18.2. The Labute approximate surface area is 111 Å². The van der Waals surface area contributed by atoms with Crippen molar-refractivity contribution in [1.82, 2.24) is 0 Å². The second-order valence-electron chi connectivity index (χ2n) is 4.36. The van der Waals surface area contributed by atoms with Crippen molar-refractivity contribution in [2.75, 3.05) is 6.66 Å². The van der Waals surface area contributed by atoms with Gasteiger partial charge in [-0.25, -0.2) is 0 Å². The van der Waals surface area contributed by atoms with Crippen molar-refractivity contribution < 1.29 is 17.0 Å². The van der Waals surface area contributed by atoms with Crippen LogP contribution >= 0.6 is 25.6 Å². The molecule has 0 saturated carbocycles. The molecule has 0 aromatic carbocycles. The van der Waals surface area contributed by atoms with E-state index in [1.807, 2.05) is 0 Å². The molecule has 0 saturated heterocycles. The fraction of sp³-hybridized carbons (Fsp3) is 0.273. The van der Waals surface area contributed by atoms with Crippen LogP contribution in [0.15, 0.2) is 44.0 Å². The summed E-state index contributed by atoms with van der Waals surface area (Å²) < 4.78 is 1.39. The quantitative estimate of drug-likeness (QED) is 0.512. The molecule has 0 aromatic heterocycles. The van der Waals surface area contributed by atoms with E-state index in [4.69, 9.17) is 17.0 Å². The van der Waals surface area contributed by atoms with E-state index in [0.29, 0.717) is 0 Å². The summed E-state index contributed by atoms with van der Waals surface area (Å²) in [7, 11) is 14.4. The third kappa shape index (κ3) is 2.17. The van der Waals surface area contributed by atoms with Crippen molar-refractivity contribution in [2.45, 2.75) is 13.1 Å². The van der Waals surface area contributed by atoms with Crippen molar-refractivity contribution in [2.24, 2.45) is 0 Å². The number of allylic oxidation sites excluding steroid dienone is 8. The molecular weight excluding hydrogens is 353 g/mol. The van der Waals surface area contributed by atoms with E-state index in [0.717, 1.165) is 8.58 Å². The van der Waals surface area contributed by atoms with Crippen LogP contribution in [0.2, 0.25) is 13.1 Å². The van der Waals surface area contributed by atoms with Gasteiger partial charge >= 0.3 is 112 Å². The molecule has 0 aliphatic heterocycles. The summed E-state index contributed by atoms with van der Waals surface area (Å²) in [6.07, 6.45) is 8.74. The molecule has 0 fully saturated rings. The van der Waals surface area contributed by atoms with Gasteiger partial charge in [0.25, 0.3) is 0 Å². The normalized spacial score (nSPS) is 20.1. The van der Waals surface area contributed by atoms with Crippen molar-refractivity contribution in [3.8, 4) is 0 Å². The molecular formula is C11H15Cl2PSiZr. The van der Waals surface area contributed by atoms with Crippen LogP contribution in [0.1, 0.15) is 0 Å². The number of rotatable bonds is 3. The van der Waals surface area contributed by atoms with Gasteiger partial charge in [0.05, 0.1) is 0 Å². The van der Waals surface area contributed by atoms with Crippen molar-refractivity contribution >= 4 is 31.5 Å². The Morgan fingerprint density at radius 3 is 2.56 bits per heavy atom. The maximum atomic E-state index is 6.80. The first-order valence-electron chi connectivity index (χ1n) is 5.39. The minimum atomic E-state index is -3.01. The summed E-state index contributed by atoms with van der Waals surface area (Å²) in [6, 6.07) is 0. The predicted octanol–water partition coefficient (Wildman–Crippen LogP) is 4.39. The van der Waals surface area contributed by atoms with Gasteiger partial charge < -0.3 is 0 Å². The van der Waals surface area contributed by atoms with Gasteiger partial charge in [0, 0.05) is 0 Å². The van der Waals surface area contributed by atoms with E-state index < -0.39 is 23.0 Å². The monoisotopic (exact) mass is 366 g/mol.